The minimum absolute atomic E-state index is 0. The van der Waals surface area contributed by atoms with Gasteiger partial charge in [-0.1, -0.05) is 42.5 Å². The maximum absolute atomic E-state index is 9.24. The zero-order valence-electron chi connectivity index (χ0n) is 15.3. The second-order valence-corrected chi connectivity index (χ2v) is 6.19. The summed E-state index contributed by atoms with van der Waals surface area (Å²) in [5, 5.41) is 11.2. The van der Waals surface area contributed by atoms with Gasteiger partial charge in [-0.2, -0.15) is 0 Å². The maximum Gasteiger partial charge on any atom is 0.129 e. The Morgan fingerprint density at radius 1 is 0.679 bits per heavy atom. The highest BCUT2D eigenvalue weighted by molar-refractivity contribution is 5.86. The molecule has 4 nitrogen and oxygen atoms in total. The fraction of sp³-hybridized carbons (Fsp3) is 0.0435. The third kappa shape index (κ3) is 4.21. The Bertz CT molecular complexity index is 1150. The van der Waals surface area contributed by atoms with Crippen molar-refractivity contribution in [3.8, 4) is 11.5 Å². The van der Waals surface area contributed by atoms with E-state index in [0.717, 1.165) is 27.6 Å². The van der Waals surface area contributed by atoms with Crippen LogP contribution in [0.3, 0.4) is 0 Å². The van der Waals surface area contributed by atoms with Gasteiger partial charge in [-0.3, -0.25) is 0 Å². The minimum atomic E-state index is 0. The molecule has 0 aliphatic rings. The van der Waals surface area contributed by atoms with E-state index in [1.54, 1.807) is 6.07 Å². The van der Waals surface area contributed by atoms with Crippen LogP contribution in [0.15, 0.2) is 91.3 Å². The van der Waals surface area contributed by atoms with Crippen molar-refractivity contribution in [2.45, 2.75) is 6.61 Å². The Balaban J connectivity index is 0.000000175. The molecule has 0 atom stereocenters. The Morgan fingerprint density at radius 2 is 1.32 bits per heavy atom. The highest BCUT2D eigenvalue weighted by Crippen LogP contribution is 2.25. The summed E-state index contributed by atoms with van der Waals surface area (Å²) in [5.41, 5.74) is 3.26. The molecule has 0 fully saturated rings. The first-order chi connectivity index (χ1) is 13.3. The molecule has 0 spiro atoms. The van der Waals surface area contributed by atoms with Crippen LogP contribution < -0.4 is 4.74 Å². The zero-order valence-corrected chi connectivity index (χ0v) is 15.3. The van der Waals surface area contributed by atoms with Crippen LogP contribution in [-0.4, -0.2) is 23.5 Å². The Hall–Kier alpha value is -3.60. The summed E-state index contributed by atoms with van der Waals surface area (Å²) >= 11 is 0. The number of rotatable bonds is 3. The molecule has 3 radical (unpaired) electrons. The predicted octanol–water partition coefficient (Wildman–Crippen LogP) is 5.24. The van der Waals surface area contributed by atoms with E-state index in [1.807, 2.05) is 73.1 Å². The molecule has 0 aliphatic heterocycles. The summed E-state index contributed by atoms with van der Waals surface area (Å²) in [6.07, 6.45) is 3.74. The number of phenols is 1. The largest absolute Gasteiger partial charge is 0.507 e. The van der Waals surface area contributed by atoms with Crippen LogP contribution in [0.5, 0.6) is 11.5 Å². The van der Waals surface area contributed by atoms with Crippen LogP contribution in [-0.2, 0) is 6.61 Å². The zero-order chi connectivity index (χ0) is 18.5. The molecule has 0 bridgehead atoms. The van der Waals surface area contributed by atoms with Crippen molar-refractivity contribution >= 4 is 30.2 Å². The first-order valence-corrected chi connectivity index (χ1v) is 8.79. The van der Waals surface area contributed by atoms with Gasteiger partial charge in [-0.05, 0) is 42.0 Å². The first kappa shape index (κ1) is 19.2. The van der Waals surface area contributed by atoms with Crippen LogP contribution in [0.1, 0.15) is 5.56 Å². The molecule has 28 heavy (non-hydrogen) atoms. The van der Waals surface area contributed by atoms with Gasteiger partial charge in [0.25, 0.3) is 0 Å². The van der Waals surface area contributed by atoms with Gasteiger partial charge >= 0.3 is 0 Å². The van der Waals surface area contributed by atoms with E-state index >= 15 is 0 Å². The monoisotopic (exact) mass is 367 g/mol. The quantitative estimate of drug-likeness (QED) is 0.382. The van der Waals surface area contributed by atoms with E-state index in [-0.39, 0.29) is 8.41 Å². The lowest BCUT2D eigenvalue weighted by Gasteiger charge is -2.07. The smallest absolute Gasteiger partial charge is 0.129 e. The van der Waals surface area contributed by atoms with Gasteiger partial charge in [-0.25, -0.2) is 0 Å². The van der Waals surface area contributed by atoms with Gasteiger partial charge in [0, 0.05) is 42.6 Å². The van der Waals surface area contributed by atoms with Crippen molar-refractivity contribution in [3.05, 3.63) is 96.8 Å². The molecule has 3 aromatic carbocycles. The van der Waals surface area contributed by atoms with Gasteiger partial charge in [-0.15, -0.1) is 0 Å². The number of aromatic hydroxyl groups is 1. The molecule has 5 rings (SSSR count). The average Bonchev–Trinajstić information content (AvgIpc) is 3.38. The second kappa shape index (κ2) is 8.86. The molecule has 3 N–H and O–H groups in total. The summed E-state index contributed by atoms with van der Waals surface area (Å²) < 4.78 is 5.84. The standard InChI is InChI=1S/C15H13NO.C8H7NO.B/c1-2-5-12(6-3-1)11-17-15-8-4-7-14-13(15)9-10-16-14;10-8-3-1-2-7-6(8)4-5-9-7;/h1-10,16H,11H2;1-5,9-10H;. The number of hydrogen-bond donors (Lipinski definition) is 3. The molecule has 5 heteroatoms. The molecule has 0 unspecified atom stereocenters. The van der Waals surface area contributed by atoms with E-state index in [1.165, 1.54) is 5.56 Å². The van der Waals surface area contributed by atoms with E-state index in [4.69, 9.17) is 4.74 Å². The lowest BCUT2D eigenvalue weighted by molar-refractivity contribution is 0.310. The molecule has 0 saturated heterocycles. The highest BCUT2D eigenvalue weighted by atomic mass is 16.5. The number of fused-ring (bicyclic) bond motifs is 2. The lowest BCUT2D eigenvalue weighted by Crippen LogP contribution is -1.94. The molecular formula is C23H20BN2O2. The van der Waals surface area contributed by atoms with Gasteiger partial charge in [0.05, 0.1) is 0 Å². The lowest BCUT2D eigenvalue weighted by atomic mass is 10.2. The summed E-state index contributed by atoms with van der Waals surface area (Å²) in [5.74, 6) is 1.26. The number of benzene rings is 3. The first-order valence-electron chi connectivity index (χ1n) is 8.79. The van der Waals surface area contributed by atoms with Crippen LogP contribution >= 0.6 is 0 Å². The normalized spacial score (nSPS) is 10.1. The summed E-state index contributed by atoms with van der Waals surface area (Å²) in [6.45, 7) is 0.602. The van der Waals surface area contributed by atoms with E-state index in [0.29, 0.717) is 12.4 Å². The molecule has 2 heterocycles. The number of H-pyrrole nitrogens is 2. The van der Waals surface area contributed by atoms with Crippen molar-refractivity contribution in [1.29, 1.82) is 0 Å². The molecule has 137 valence electrons. The number of nitrogens with one attached hydrogen (secondary N) is 2. The van der Waals surface area contributed by atoms with Crippen LogP contribution in [0.2, 0.25) is 0 Å². The third-order valence-corrected chi connectivity index (χ3v) is 4.36. The van der Waals surface area contributed by atoms with Crippen LogP contribution in [0.25, 0.3) is 21.8 Å². The number of phenolic OH excluding ortho intramolecular Hbond substituents is 1. The summed E-state index contributed by atoms with van der Waals surface area (Å²) in [7, 11) is 0. The maximum atomic E-state index is 9.24. The second-order valence-electron chi connectivity index (χ2n) is 6.19. The van der Waals surface area contributed by atoms with Crippen molar-refractivity contribution in [2.75, 3.05) is 0 Å². The van der Waals surface area contributed by atoms with E-state index < -0.39 is 0 Å². The summed E-state index contributed by atoms with van der Waals surface area (Å²) in [4.78, 5) is 6.18. The molecule has 0 amide bonds. The molecular weight excluding hydrogens is 347 g/mol. The number of aromatic amines is 2. The Kier molecular flexibility index (Phi) is 6.07. The SMILES string of the molecule is Oc1cccc2[nH]ccc12.[B].c1ccc(COc2cccc3[nH]ccc23)cc1. The number of ether oxygens (including phenoxy) is 1. The van der Waals surface area contributed by atoms with Crippen molar-refractivity contribution < 1.29 is 9.84 Å². The molecule has 0 aliphatic carbocycles. The number of hydrogen-bond acceptors (Lipinski definition) is 2. The predicted molar refractivity (Wildman–Crippen MR) is 115 cm³/mol. The number of aromatic nitrogens is 2. The van der Waals surface area contributed by atoms with Crippen molar-refractivity contribution in [3.63, 3.8) is 0 Å². The van der Waals surface area contributed by atoms with Gasteiger partial charge in [0.1, 0.15) is 18.1 Å². The minimum Gasteiger partial charge on any atom is -0.507 e. The van der Waals surface area contributed by atoms with Crippen LogP contribution in [0, 0.1) is 0 Å². The molecule has 5 aromatic rings. The Morgan fingerprint density at radius 3 is 2.04 bits per heavy atom. The molecule has 2 aromatic heterocycles. The highest BCUT2D eigenvalue weighted by Gasteiger charge is 2.02. The van der Waals surface area contributed by atoms with Gasteiger partial charge in [0.2, 0.25) is 0 Å². The van der Waals surface area contributed by atoms with Gasteiger partial charge in [0.15, 0.2) is 0 Å². The van der Waals surface area contributed by atoms with Crippen LogP contribution in [0.4, 0.5) is 0 Å². The third-order valence-electron chi connectivity index (χ3n) is 4.36. The summed E-state index contributed by atoms with van der Waals surface area (Å²) in [6, 6.07) is 25.5. The topological polar surface area (TPSA) is 61.0 Å². The van der Waals surface area contributed by atoms with E-state index in [2.05, 4.69) is 22.1 Å². The van der Waals surface area contributed by atoms with Gasteiger partial charge < -0.3 is 19.8 Å². The fourth-order valence-corrected chi connectivity index (χ4v) is 2.99. The Labute approximate surface area is 165 Å². The van der Waals surface area contributed by atoms with Crippen molar-refractivity contribution in [1.82, 2.24) is 9.97 Å². The fourth-order valence-electron chi connectivity index (χ4n) is 2.99. The van der Waals surface area contributed by atoms with E-state index in [9.17, 15) is 5.11 Å². The average molecular weight is 367 g/mol. The molecule has 0 saturated carbocycles. The van der Waals surface area contributed by atoms with Crippen molar-refractivity contribution in [2.24, 2.45) is 0 Å².